The molecule has 0 aliphatic carbocycles. The first kappa shape index (κ1) is 21.3. The molecule has 3 aromatic rings. The predicted molar refractivity (Wildman–Crippen MR) is 118 cm³/mol. The molecule has 4 N–H and O–H groups in total. The molecule has 0 saturated carbocycles. The molecule has 0 spiro atoms. The highest BCUT2D eigenvalue weighted by molar-refractivity contribution is 6.40. The molecule has 3 rings (SSSR count). The maximum absolute atomic E-state index is 12.6. The summed E-state index contributed by atoms with van der Waals surface area (Å²) in [7, 11) is 0. The Bertz CT molecular complexity index is 1120. The van der Waals surface area contributed by atoms with Crippen LogP contribution in [0.4, 0.5) is 11.4 Å². The van der Waals surface area contributed by atoms with E-state index in [1.54, 1.807) is 42.5 Å². The van der Waals surface area contributed by atoms with Crippen LogP contribution in [0.5, 0.6) is 5.75 Å². The second kappa shape index (κ2) is 9.84. The highest BCUT2D eigenvalue weighted by Gasteiger charge is 2.17. The van der Waals surface area contributed by atoms with Gasteiger partial charge in [0.1, 0.15) is 5.75 Å². The van der Waals surface area contributed by atoms with Crippen molar-refractivity contribution in [3.05, 3.63) is 89.5 Å². The van der Waals surface area contributed by atoms with Gasteiger partial charge >= 0.3 is 11.8 Å². The normalized spacial score (nSPS) is 10.5. The summed E-state index contributed by atoms with van der Waals surface area (Å²) in [5.41, 5.74) is 4.80. The maximum atomic E-state index is 12.6. The molecule has 0 fully saturated rings. The van der Waals surface area contributed by atoms with Gasteiger partial charge in [-0.05, 0) is 61.0 Å². The van der Waals surface area contributed by atoms with Gasteiger partial charge in [0.25, 0.3) is 5.91 Å². The van der Waals surface area contributed by atoms with Crippen molar-refractivity contribution in [2.45, 2.75) is 6.92 Å². The van der Waals surface area contributed by atoms with Gasteiger partial charge in [0.2, 0.25) is 0 Å². The molecule has 0 bridgehead atoms. The SMILES string of the molecule is Cc1ccc(NC(=O)c2ccccc2NC(=O)C(=O)NN=Cc2ccc(O)cc2)cc1. The number of phenolic OH excluding ortho intramolecular Hbond substituents is 1. The van der Waals surface area contributed by atoms with E-state index in [-0.39, 0.29) is 17.0 Å². The number of hydrogen-bond acceptors (Lipinski definition) is 5. The number of aromatic hydroxyl groups is 1. The van der Waals surface area contributed by atoms with Gasteiger partial charge in [-0.15, -0.1) is 0 Å². The lowest BCUT2D eigenvalue weighted by atomic mass is 10.1. The smallest absolute Gasteiger partial charge is 0.329 e. The number of benzene rings is 3. The van der Waals surface area contributed by atoms with Crippen LogP contribution < -0.4 is 16.1 Å². The van der Waals surface area contributed by atoms with Crippen molar-refractivity contribution in [3.8, 4) is 5.75 Å². The van der Waals surface area contributed by atoms with Crippen LogP contribution in [-0.4, -0.2) is 29.0 Å². The molecule has 3 amide bonds. The third-order valence-electron chi connectivity index (χ3n) is 4.21. The van der Waals surface area contributed by atoms with E-state index in [0.717, 1.165) is 5.56 Å². The number of rotatable bonds is 5. The predicted octanol–water partition coefficient (Wildman–Crippen LogP) is 3.04. The van der Waals surface area contributed by atoms with E-state index in [2.05, 4.69) is 21.2 Å². The summed E-state index contributed by atoms with van der Waals surface area (Å²) in [5, 5.41) is 18.1. The van der Waals surface area contributed by atoms with Crippen molar-refractivity contribution in [2.75, 3.05) is 10.6 Å². The third kappa shape index (κ3) is 6.01. The molecule has 0 radical (unpaired) electrons. The molecule has 0 heterocycles. The van der Waals surface area contributed by atoms with E-state index in [9.17, 15) is 19.5 Å². The summed E-state index contributed by atoms with van der Waals surface area (Å²) >= 11 is 0. The number of hydrazone groups is 1. The van der Waals surface area contributed by atoms with Gasteiger partial charge in [0.05, 0.1) is 17.5 Å². The van der Waals surface area contributed by atoms with Gasteiger partial charge in [-0.1, -0.05) is 29.8 Å². The molecule has 0 aliphatic rings. The van der Waals surface area contributed by atoms with Crippen molar-refractivity contribution in [3.63, 3.8) is 0 Å². The zero-order valence-corrected chi connectivity index (χ0v) is 16.6. The highest BCUT2D eigenvalue weighted by Crippen LogP contribution is 2.18. The number of amides is 3. The van der Waals surface area contributed by atoms with Crippen molar-refractivity contribution >= 4 is 35.3 Å². The molecule has 8 heteroatoms. The Hall–Kier alpha value is -4.46. The minimum Gasteiger partial charge on any atom is -0.508 e. The molecular formula is C23H20N4O4. The van der Waals surface area contributed by atoms with Crippen LogP contribution in [0.1, 0.15) is 21.5 Å². The Morgan fingerprint density at radius 1 is 0.839 bits per heavy atom. The van der Waals surface area contributed by atoms with Crippen LogP contribution in [0, 0.1) is 6.92 Å². The van der Waals surface area contributed by atoms with Gasteiger partial charge in [-0.3, -0.25) is 14.4 Å². The minimum atomic E-state index is -0.997. The maximum Gasteiger partial charge on any atom is 0.329 e. The number of hydrogen-bond donors (Lipinski definition) is 4. The summed E-state index contributed by atoms with van der Waals surface area (Å²) < 4.78 is 0. The molecule has 0 aliphatic heterocycles. The van der Waals surface area contributed by atoms with E-state index in [1.165, 1.54) is 24.4 Å². The summed E-state index contributed by atoms with van der Waals surface area (Å²) in [6.07, 6.45) is 1.33. The Kier molecular flexibility index (Phi) is 6.74. The second-order valence-corrected chi connectivity index (χ2v) is 6.61. The average Bonchev–Trinajstić information content (AvgIpc) is 2.77. The first-order valence-corrected chi connectivity index (χ1v) is 9.33. The van der Waals surface area contributed by atoms with Crippen LogP contribution in [0.15, 0.2) is 77.9 Å². The Morgan fingerprint density at radius 2 is 1.52 bits per heavy atom. The first-order chi connectivity index (χ1) is 14.9. The molecule has 31 heavy (non-hydrogen) atoms. The average molecular weight is 416 g/mol. The lowest BCUT2D eigenvalue weighted by molar-refractivity contribution is -0.136. The Labute approximate surface area is 178 Å². The van der Waals surface area contributed by atoms with Gasteiger partial charge in [-0.2, -0.15) is 5.10 Å². The number of para-hydroxylation sites is 1. The first-order valence-electron chi connectivity index (χ1n) is 9.33. The molecular weight excluding hydrogens is 396 g/mol. The molecule has 0 aromatic heterocycles. The number of carbonyl (C=O) groups is 3. The topological polar surface area (TPSA) is 120 Å². The standard InChI is InChI=1S/C23H20N4O4/c1-15-6-10-17(11-7-15)25-21(29)19-4-2-3-5-20(19)26-22(30)23(31)27-24-14-16-8-12-18(28)13-9-16/h2-14,28H,1H3,(H,25,29)(H,26,30)(H,27,31). The molecule has 3 aromatic carbocycles. The highest BCUT2D eigenvalue weighted by atomic mass is 16.3. The van der Waals surface area contributed by atoms with Crippen molar-refractivity contribution in [1.29, 1.82) is 0 Å². The fourth-order valence-electron chi connectivity index (χ4n) is 2.58. The second-order valence-electron chi connectivity index (χ2n) is 6.61. The quantitative estimate of drug-likeness (QED) is 0.290. The molecule has 0 unspecified atom stereocenters. The Balaban J connectivity index is 1.63. The monoisotopic (exact) mass is 416 g/mol. The van der Waals surface area contributed by atoms with Crippen LogP contribution in [0.2, 0.25) is 0 Å². The number of nitrogens with one attached hydrogen (secondary N) is 3. The van der Waals surface area contributed by atoms with Crippen molar-refractivity contribution in [1.82, 2.24) is 5.43 Å². The third-order valence-corrected chi connectivity index (χ3v) is 4.21. The zero-order chi connectivity index (χ0) is 22.2. The van der Waals surface area contributed by atoms with Gasteiger partial charge in [0, 0.05) is 5.69 Å². The van der Waals surface area contributed by atoms with Crippen LogP contribution >= 0.6 is 0 Å². The lowest BCUT2D eigenvalue weighted by Crippen LogP contribution is -2.33. The van der Waals surface area contributed by atoms with E-state index in [4.69, 9.17) is 0 Å². The van der Waals surface area contributed by atoms with E-state index < -0.39 is 17.7 Å². The Morgan fingerprint density at radius 3 is 2.23 bits per heavy atom. The van der Waals surface area contributed by atoms with E-state index in [0.29, 0.717) is 11.3 Å². The van der Waals surface area contributed by atoms with Crippen LogP contribution in [0.25, 0.3) is 0 Å². The fourth-order valence-corrected chi connectivity index (χ4v) is 2.58. The molecule has 0 atom stereocenters. The molecule has 8 nitrogen and oxygen atoms in total. The summed E-state index contributed by atoms with van der Waals surface area (Å²) in [4.78, 5) is 36.8. The number of anilines is 2. The molecule has 0 saturated heterocycles. The van der Waals surface area contributed by atoms with Crippen LogP contribution in [-0.2, 0) is 9.59 Å². The zero-order valence-electron chi connectivity index (χ0n) is 16.6. The van der Waals surface area contributed by atoms with Crippen molar-refractivity contribution in [2.24, 2.45) is 5.10 Å². The number of nitrogens with zero attached hydrogens (tertiary/aromatic N) is 1. The summed E-state index contributed by atoms with van der Waals surface area (Å²) in [6, 6.07) is 19.8. The van der Waals surface area contributed by atoms with Gasteiger partial charge in [-0.25, -0.2) is 5.43 Å². The lowest BCUT2D eigenvalue weighted by Gasteiger charge is -2.11. The molecule has 156 valence electrons. The largest absolute Gasteiger partial charge is 0.508 e. The summed E-state index contributed by atoms with van der Waals surface area (Å²) in [5.74, 6) is -2.29. The fraction of sp³-hybridized carbons (Fsp3) is 0.0435. The minimum absolute atomic E-state index is 0.102. The van der Waals surface area contributed by atoms with Crippen molar-refractivity contribution < 1.29 is 19.5 Å². The number of carbonyl (C=O) groups excluding carboxylic acids is 3. The van der Waals surface area contributed by atoms with Gasteiger partial charge in [0.15, 0.2) is 0 Å². The van der Waals surface area contributed by atoms with Gasteiger partial charge < -0.3 is 15.7 Å². The number of phenols is 1. The summed E-state index contributed by atoms with van der Waals surface area (Å²) in [6.45, 7) is 1.94. The van der Waals surface area contributed by atoms with Crippen LogP contribution in [0.3, 0.4) is 0 Å². The van der Waals surface area contributed by atoms with E-state index in [1.807, 2.05) is 19.1 Å². The van der Waals surface area contributed by atoms with E-state index >= 15 is 0 Å². The number of aryl methyl sites for hydroxylation is 1.